The molecular formula is C17H27N3O. The first-order valence-electron chi connectivity index (χ1n) is 7.80. The maximum atomic E-state index is 11.9. The van der Waals surface area contributed by atoms with Crippen LogP contribution < -0.4 is 10.6 Å². The van der Waals surface area contributed by atoms with Crippen LogP contribution in [0.5, 0.6) is 0 Å². The van der Waals surface area contributed by atoms with Gasteiger partial charge in [0, 0.05) is 24.3 Å². The SMILES string of the molecule is CC(C)(C)N1CCCC(CNC(=O)Nc2ccccc2)C1. The molecule has 1 aromatic carbocycles. The van der Waals surface area contributed by atoms with Crippen LogP contribution in [0.2, 0.25) is 0 Å². The van der Waals surface area contributed by atoms with E-state index in [-0.39, 0.29) is 11.6 Å². The molecule has 0 spiro atoms. The molecule has 1 aromatic rings. The highest BCUT2D eigenvalue weighted by molar-refractivity contribution is 5.89. The summed E-state index contributed by atoms with van der Waals surface area (Å²) < 4.78 is 0. The summed E-state index contributed by atoms with van der Waals surface area (Å²) >= 11 is 0. The second-order valence-corrected chi connectivity index (χ2v) is 6.83. The van der Waals surface area contributed by atoms with Gasteiger partial charge in [-0.15, -0.1) is 0 Å². The number of urea groups is 1. The monoisotopic (exact) mass is 289 g/mol. The van der Waals surface area contributed by atoms with Gasteiger partial charge in [-0.05, 0) is 58.2 Å². The Morgan fingerprint density at radius 1 is 1.29 bits per heavy atom. The van der Waals surface area contributed by atoms with Gasteiger partial charge in [-0.25, -0.2) is 4.79 Å². The Morgan fingerprint density at radius 2 is 2.00 bits per heavy atom. The van der Waals surface area contributed by atoms with Crippen molar-refractivity contribution in [3.8, 4) is 0 Å². The van der Waals surface area contributed by atoms with E-state index < -0.39 is 0 Å². The van der Waals surface area contributed by atoms with E-state index in [4.69, 9.17) is 0 Å². The highest BCUT2D eigenvalue weighted by atomic mass is 16.2. The number of carbonyl (C=O) groups is 1. The van der Waals surface area contributed by atoms with Crippen molar-refractivity contribution < 1.29 is 4.79 Å². The summed E-state index contributed by atoms with van der Waals surface area (Å²) in [5.41, 5.74) is 1.04. The molecule has 4 nitrogen and oxygen atoms in total. The Labute approximate surface area is 127 Å². The quantitative estimate of drug-likeness (QED) is 0.896. The smallest absolute Gasteiger partial charge is 0.319 e. The van der Waals surface area contributed by atoms with Crippen molar-refractivity contribution in [1.82, 2.24) is 10.2 Å². The fraction of sp³-hybridized carbons (Fsp3) is 0.588. The minimum absolute atomic E-state index is 0.117. The van der Waals surface area contributed by atoms with E-state index in [1.165, 1.54) is 12.8 Å². The highest BCUT2D eigenvalue weighted by Crippen LogP contribution is 2.23. The van der Waals surface area contributed by atoms with Crippen LogP contribution in [-0.2, 0) is 0 Å². The van der Waals surface area contributed by atoms with Crippen LogP contribution in [0.4, 0.5) is 10.5 Å². The number of amides is 2. The zero-order valence-electron chi connectivity index (χ0n) is 13.4. The molecule has 0 aliphatic carbocycles. The molecule has 21 heavy (non-hydrogen) atoms. The van der Waals surface area contributed by atoms with Crippen LogP contribution in [0.15, 0.2) is 30.3 Å². The number of benzene rings is 1. The number of carbonyl (C=O) groups excluding carboxylic acids is 1. The van der Waals surface area contributed by atoms with E-state index in [0.717, 1.165) is 25.3 Å². The molecule has 2 N–H and O–H groups in total. The van der Waals surface area contributed by atoms with Crippen molar-refractivity contribution in [2.75, 3.05) is 25.0 Å². The van der Waals surface area contributed by atoms with E-state index in [9.17, 15) is 4.79 Å². The van der Waals surface area contributed by atoms with Gasteiger partial charge in [0.2, 0.25) is 0 Å². The number of likely N-dealkylation sites (tertiary alicyclic amines) is 1. The normalized spacial score (nSPS) is 20.0. The van der Waals surface area contributed by atoms with E-state index in [0.29, 0.717) is 5.92 Å². The molecule has 0 radical (unpaired) electrons. The fourth-order valence-electron chi connectivity index (χ4n) is 2.77. The predicted octanol–water partition coefficient (Wildman–Crippen LogP) is 3.32. The second kappa shape index (κ2) is 6.94. The fourth-order valence-corrected chi connectivity index (χ4v) is 2.77. The molecule has 1 atom stereocenters. The minimum atomic E-state index is -0.117. The number of nitrogens with one attached hydrogen (secondary N) is 2. The molecule has 1 aliphatic rings. The second-order valence-electron chi connectivity index (χ2n) is 6.83. The Bertz CT molecular complexity index is 453. The van der Waals surface area contributed by atoms with Crippen LogP contribution in [0, 0.1) is 5.92 Å². The average Bonchev–Trinajstić information content (AvgIpc) is 2.46. The lowest BCUT2D eigenvalue weighted by molar-refractivity contribution is 0.0796. The molecule has 116 valence electrons. The molecule has 0 bridgehead atoms. The van der Waals surface area contributed by atoms with Crippen LogP contribution in [0.3, 0.4) is 0 Å². The van der Waals surface area contributed by atoms with Gasteiger partial charge in [0.05, 0.1) is 0 Å². The summed E-state index contributed by atoms with van der Waals surface area (Å²) in [6, 6.07) is 9.43. The number of nitrogens with zero attached hydrogens (tertiary/aromatic N) is 1. The summed E-state index contributed by atoms with van der Waals surface area (Å²) in [7, 11) is 0. The van der Waals surface area contributed by atoms with Crippen molar-refractivity contribution >= 4 is 11.7 Å². The van der Waals surface area contributed by atoms with Crippen molar-refractivity contribution in [2.45, 2.75) is 39.2 Å². The van der Waals surface area contributed by atoms with Gasteiger partial charge in [-0.1, -0.05) is 18.2 Å². The molecule has 4 heteroatoms. The van der Waals surface area contributed by atoms with Gasteiger partial charge in [-0.3, -0.25) is 4.90 Å². The molecule has 1 heterocycles. The first-order valence-corrected chi connectivity index (χ1v) is 7.80. The Hall–Kier alpha value is -1.55. The van der Waals surface area contributed by atoms with Gasteiger partial charge in [0.25, 0.3) is 0 Å². The summed E-state index contributed by atoms with van der Waals surface area (Å²) in [5.74, 6) is 0.541. The van der Waals surface area contributed by atoms with Gasteiger partial charge in [-0.2, -0.15) is 0 Å². The lowest BCUT2D eigenvalue weighted by Gasteiger charge is -2.41. The Morgan fingerprint density at radius 3 is 2.67 bits per heavy atom. The third-order valence-electron chi connectivity index (χ3n) is 4.05. The third-order valence-corrected chi connectivity index (χ3v) is 4.05. The van der Waals surface area contributed by atoms with Crippen molar-refractivity contribution in [3.63, 3.8) is 0 Å². The zero-order valence-corrected chi connectivity index (χ0v) is 13.4. The number of rotatable bonds is 3. The van der Waals surface area contributed by atoms with Crippen LogP contribution in [0.25, 0.3) is 0 Å². The Kier molecular flexibility index (Phi) is 5.23. The molecule has 2 rings (SSSR count). The maximum Gasteiger partial charge on any atom is 0.319 e. The number of hydrogen-bond donors (Lipinski definition) is 2. The molecule has 1 fully saturated rings. The first kappa shape index (κ1) is 15.8. The summed E-state index contributed by atoms with van der Waals surface area (Å²) in [4.78, 5) is 14.4. The zero-order chi connectivity index (χ0) is 15.3. The lowest BCUT2D eigenvalue weighted by atomic mass is 9.93. The van der Waals surface area contributed by atoms with Gasteiger partial charge >= 0.3 is 6.03 Å². The third kappa shape index (κ3) is 5.05. The molecule has 1 saturated heterocycles. The lowest BCUT2D eigenvalue weighted by Crippen LogP contribution is -2.49. The topological polar surface area (TPSA) is 44.4 Å². The van der Waals surface area contributed by atoms with Crippen molar-refractivity contribution in [1.29, 1.82) is 0 Å². The van der Waals surface area contributed by atoms with Crippen LogP contribution >= 0.6 is 0 Å². The molecule has 1 unspecified atom stereocenters. The van der Waals surface area contributed by atoms with Gasteiger partial charge < -0.3 is 10.6 Å². The average molecular weight is 289 g/mol. The first-order chi connectivity index (χ1) is 9.95. The summed E-state index contributed by atoms with van der Waals surface area (Å²) in [6.45, 7) is 9.73. The number of para-hydroxylation sites is 1. The number of anilines is 1. The molecule has 0 aromatic heterocycles. The van der Waals surface area contributed by atoms with Crippen molar-refractivity contribution in [2.24, 2.45) is 5.92 Å². The highest BCUT2D eigenvalue weighted by Gasteiger charge is 2.27. The largest absolute Gasteiger partial charge is 0.338 e. The van der Waals surface area contributed by atoms with Crippen molar-refractivity contribution in [3.05, 3.63) is 30.3 Å². The number of hydrogen-bond acceptors (Lipinski definition) is 2. The summed E-state index contributed by atoms with van der Waals surface area (Å²) in [5, 5.41) is 5.86. The predicted molar refractivity (Wildman–Crippen MR) is 87.5 cm³/mol. The van der Waals surface area contributed by atoms with Crippen LogP contribution in [0.1, 0.15) is 33.6 Å². The van der Waals surface area contributed by atoms with E-state index >= 15 is 0 Å². The van der Waals surface area contributed by atoms with Gasteiger partial charge in [0.1, 0.15) is 0 Å². The molecule has 2 amide bonds. The Balaban J connectivity index is 1.76. The molecular weight excluding hydrogens is 262 g/mol. The van der Waals surface area contributed by atoms with E-state index in [1.54, 1.807) is 0 Å². The molecule has 0 saturated carbocycles. The maximum absolute atomic E-state index is 11.9. The summed E-state index contributed by atoms with van der Waals surface area (Å²) in [6.07, 6.45) is 2.40. The van der Waals surface area contributed by atoms with E-state index in [2.05, 4.69) is 36.3 Å². The van der Waals surface area contributed by atoms with Gasteiger partial charge in [0.15, 0.2) is 0 Å². The van der Waals surface area contributed by atoms with Crippen LogP contribution in [-0.4, -0.2) is 36.1 Å². The van der Waals surface area contributed by atoms with E-state index in [1.807, 2.05) is 30.3 Å². The minimum Gasteiger partial charge on any atom is -0.338 e. The molecule has 1 aliphatic heterocycles. The number of piperidine rings is 1. The standard InChI is InChI=1S/C17H27N3O/c1-17(2,3)20-11-7-8-14(13-20)12-18-16(21)19-15-9-5-4-6-10-15/h4-6,9-10,14H,7-8,11-13H2,1-3H3,(H2,18,19,21).